The van der Waals surface area contributed by atoms with E-state index in [2.05, 4.69) is 25.6 Å². The zero-order valence-electron chi connectivity index (χ0n) is 19.0. The van der Waals surface area contributed by atoms with Gasteiger partial charge in [-0.25, -0.2) is 4.79 Å². The molecule has 0 unspecified atom stereocenters. The Morgan fingerprint density at radius 1 is 1.12 bits per heavy atom. The predicted octanol–water partition coefficient (Wildman–Crippen LogP) is 6.46. The van der Waals surface area contributed by atoms with Crippen LogP contribution < -0.4 is 4.74 Å². The summed E-state index contributed by atoms with van der Waals surface area (Å²) in [7, 11) is 1.54. The van der Waals surface area contributed by atoms with Crippen LogP contribution in [0.4, 0.5) is 0 Å². The van der Waals surface area contributed by atoms with Crippen molar-refractivity contribution in [3.63, 3.8) is 0 Å². The highest BCUT2D eigenvalue weighted by Gasteiger charge is 2.26. The molecule has 5 nitrogen and oxygen atoms in total. The van der Waals surface area contributed by atoms with Crippen LogP contribution in [-0.4, -0.2) is 24.8 Å². The Morgan fingerprint density at radius 3 is 2.56 bits per heavy atom. The number of furan rings is 1. The van der Waals surface area contributed by atoms with Crippen molar-refractivity contribution in [3.05, 3.63) is 65.7 Å². The quantitative estimate of drug-likeness (QED) is 0.201. The van der Waals surface area contributed by atoms with Gasteiger partial charge in [-0.3, -0.25) is 0 Å². The Kier molecular flexibility index (Phi) is 8.51. The summed E-state index contributed by atoms with van der Waals surface area (Å²) in [5.74, 6) is 0.480. The first-order valence-electron chi connectivity index (χ1n) is 11.2. The summed E-state index contributed by atoms with van der Waals surface area (Å²) >= 11 is 0. The Morgan fingerprint density at radius 2 is 1.91 bits per heavy atom. The number of aliphatic hydroxyl groups excluding tert-OH is 1. The van der Waals surface area contributed by atoms with Crippen molar-refractivity contribution in [3.8, 4) is 17.1 Å². The van der Waals surface area contributed by atoms with E-state index < -0.39 is 5.97 Å². The number of carbonyl (C=O) groups is 1. The van der Waals surface area contributed by atoms with Gasteiger partial charge in [0.1, 0.15) is 11.3 Å². The molecule has 1 aromatic heterocycles. The molecule has 1 N–H and O–H groups in total. The van der Waals surface area contributed by atoms with Crippen LogP contribution in [0.5, 0.6) is 5.75 Å². The lowest BCUT2D eigenvalue weighted by Crippen LogP contribution is -2.07. The predicted molar refractivity (Wildman–Crippen MR) is 127 cm³/mol. The number of allylic oxidation sites excluding steroid dienone is 1. The van der Waals surface area contributed by atoms with Gasteiger partial charge in [0, 0.05) is 10.9 Å². The van der Waals surface area contributed by atoms with Crippen molar-refractivity contribution in [1.82, 2.24) is 0 Å². The number of hydrogen-bond acceptors (Lipinski definition) is 5. The summed E-state index contributed by atoms with van der Waals surface area (Å²) in [5.41, 5.74) is 3.51. The van der Waals surface area contributed by atoms with E-state index in [0.29, 0.717) is 40.2 Å². The van der Waals surface area contributed by atoms with Gasteiger partial charge in [-0.15, -0.1) is 6.58 Å². The molecule has 2 aromatic carbocycles. The molecule has 3 aromatic rings. The molecule has 0 fully saturated rings. The first kappa shape index (κ1) is 23.6. The molecule has 0 saturated carbocycles. The van der Waals surface area contributed by atoms with Crippen LogP contribution in [-0.2, 0) is 17.8 Å². The third-order valence-corrected chi connectivity index (χ3v) is 5.49. The second-order valence-corrected chi connectivity index (χ2v) is 7.86. The summed E-state index contributed by atoms with van der Waals surface area (Å²) in [5, 5.41) is 10.3. The fraction of sp³-hybridized carbons (Fsp3) is 0.370. The summed E-state index contributed by atoms with van der Waals surface area (Å²) in [6.45, 7) is 6.04. The number of hydrogen-bond donors (Lipinski definition) is 1. The second-order valence-electron chi connectivity index (χ2n) is 7.86. The van der Waals surface area contributed by atoms with Gasteiger partial charge in [-0.1, -0.05) is 43.7 Å². The third kappa shape index (κ3) is 5.40. The van der Waals surface area contributed by atoms with E-state index in [-0.39, 0.29) is 6.61 Å². The van der Waals surface area contributed by atoms with Crippen LogP contribution in [0.2, 0.25) is 0 Å². The van der Waals surface area contributed by atoms with E-state index in [0.717, 1.165) is 44.1 Å². The molecule has 0 aliphatic carbocycles. The minimum absolute atomic E-state index is 0.172. The van der Waals surface area contributed by atoms with E-state index in [4.69, 9.17) is 13.9 Å². The summed E-state index contributed by atoms with van der Waals surface area (Å²) < 4.78 is 17.2. The average Bonchev–Trinajstić information content (AvgIpc) is 3.21. The molecule has 3 rings (SSSR count). The lowest BCUT2D eigenvalue weighted by Gasteiger charge is -2.07. The fourth-order valence-corrected chi connectivity index (χ4v) is 3.71. The minimum Gasteiger partial charge on any atom is -0.493 e. The first-order valence-corrected chi connectivity index (χ1v) is 11.2. The molecule has 0 bridgehead atoms. The highest BCUT2D eigenvalue weighted by atomic mass is 16.5. The Labute approximate surface area is 189 Å². The number of benzene rings is 2. The zero-order valence-corrected chi connectivity index (χ0v) is 19.0. The smallest absolute Gasteiger partial charge is 0.342 e. The average molecular weight is 437 g/mol. The number of aliphatic hydroxyl groups is 1. The highest BCUT2D eigenvalue weighted by molar-refractivity contribution is 6.10. The molecule has 0 aliphatic rings. The molecule has 1 heterocycles. The molecule has 0 spiro atoms. The summed E-state index contributed by atoms with van der Waals surface area (Å²) in [6.07, 6.45) is 7.72. The van der Waals surface area contributed by atoms with Crippen LogP contribution in [0.1, 0.15) is 60.5 Å². The van der Waals surface area contributed by atoms with Crippen LogP contribution in [0, 0.1) is 0 Å². The molecule has 32 heavy (non-hydrogen) atoms. The van der Waals surface area contributed by atoms with Crippen LogP contribution in [0.25, 0.3) is 22.3 Å². The SMILES string of the molecule is C=CCCCCOC(=O)c1c(-c2ccc(CCCC)cc2)oc2c(OC)cc(CO)cc12. The monoisotopic (exact) mass is 436 g/mol. The molecular formula is C27H32O5. The maximum atomic E-state index is 13.1. The number of esters is 1. The fourth-order valence-electron chi connectivity index (χ4n) is 3.71. The van der Waals surface area contributed by atoms with E-state index in [1.54, 1.807) is 12.1 Å². The maximum Gasteiger partial charge on any atom is 0.342 e. The number of methoxy groups -OCH3 is 1. The Hall–Kier alpha value is -3.05. The summed E-state index contributed by atoms with van der Waals surface area (Å²) in [4.78, 5) is 13.1. The Balaban J connectivity index is 2.02. The number of ether oxygens (including phenoxy) is 2. The number of fused-ring (bicyclic) bond motifs is 1. The number of carbonyl (C=O) groups excluding carboxylic acids is 1. The van der Waals surface area contributed by atoms with Gasteiger partial charge in [-0.2, -0.15) is 0 Å². The van der Waals surface area contributed by atoms with Gasteiger partial charge in [0.25, 0.3) is 0 Å². The topological polar surface area (TPSA) is 68.9 Å². The van der Waals surface area contributed by atoms with Crippen LogP contribution in [0.15, 0.2) is 53.5 Å². The molecule has 0 aliphatic heterocycles. The minimum atomic E-state index is -0.440. The Bertz CT molecular complexity index is 1050. The third-order valence-electron chi connectivity index (χ3n) is 5.49. The maximum absolute atomic E-state index is 13.1. The van der Waals surface area contributed by atoms with E-state index >= 15 is 0 Å². The lowest BCUT2D eigenvalue weighted by atomic mass is 10.0. The second kappa shape index (κ2) is 11.5. The van der Waals surface area contributed by atoms with Crippen molar-refractivity contribution >= 4 is 16.9 Å². The normalized spacial score (nSPS) is 11.0. The molecule has 0 atom stereocenters. The lowest BCUT2D eigenvalue weighted by molar-refractivity contribution is 0.0501. The van der Waals surface area contributed by atoms with Crippen LogP contribution >= 0.6 is 0 Å². The van der Waals surface area contributed by atoms with Gasteiger partial charge in [0.15, 0.2) is 11.3 Å². The molecule has 170 valence electrons. The van der Waals surface area contributed by atoms with Gasteiger partial charge in [0.05, 0.1) is 20.3 Å². The number of rotatable bonds is 12. The molecule has 0 saturated heterocycles. The zero-order chi connectivity index (χ0) is 22.9. The van der Waals surface area contributed by atoms with Gasteiger partial charge >= 0.3 is 5.97 Å². The van der Waals surface area contributed by atoms with Gasteiger partial charge < -0.3 is 19.0 Å². The van der Waals surface area contributed by atoms with E-state index in [1.165, 1.54) is 12.7 Å². The van der Waals surface area contributed by atoms with Crippen molar-refractivity contribution in [1.29, 1.82) is 0 Å². The molecule has 5 heteroatoms. The highest BCUT2D eigenvalue weighted by Crippen LogP contribution is 2.39. The molecular weight excluding hydrogens is 404 g/mol. The molecule has 0 amide bonds. The van der Waals surface area contributed by atoms with Crippen molar-refractivity contribution in [2.24, 2.45) is 0 Å². The standard InChI is InChI=1S/C27H32O5/c1-4-6-8-9-15-31-27(29)24-22-16-20(18-28)17-23(30-3)26(22)32-25(24)21-13-11-19(12-14-21)10-7-5-2/h4,11-14,16-17,28H,1,5-10,15,18H2,2-3H3. The van der Waals surface area contributed by atoms with E-state index in [9.17, 15) is 9.90 Å². The molecule has 0 radical (unpaired) electrons. The summed E-state index contributed by atoms with van der Waals surface area (Å²) in [6, 6.07) is 11.6. The van der Waals surface area contributed by atoms with Crippen molar-refractivity contribution < 1.29 is 23.8 Å². The van der Waals surface area contributed by atoms with Crippen molar-refractivity contribution in [2.75, 3.05) is 13.7 Å². The van der Waals surface area contributed by atoms with Crippen LogP contribution in [0.3, 0.4) is 0 Å². The first-order chi connectivity index (χ1) is 15.6. The van der Waals surface area contributed by atoms with Crippen molar-refractivity contribution in [2.45, 2.75) is 52.1 Å². The number of unbranched alkanes of at least 4 members (excludes halogenated alkanes) is 3. The number of aryl methyl sites for hydroxylation is 1. The largest absolute Gasteiger partial charge is 0.493 e. The van der Waals surface area contributed by atoms with Gasteiger partial charge in [0.2, 0.25) is 0 Å². The van der Waals surface area contributed by atoms with E-state index in [1.807, 2.05) is 18.2 Å². The van der Waals surface area contributed by atoms with Gasteiger partial charge in [-0.05, 0) is 55.4 Å².